The zero-order chi connectivity index (χ0) is 19.3. The standard InChI is InChI=1S/C25H39N2/c1-4-5-6-7-8-9-10-14-17-23(20-22-15-12-11-13-16-22)24(21(2)3)25-26-18-19-27-25/h11-13,15-16,18-19,21,23-24H,4-10,14,17,20H2,1-3H3/q+1. The Kier molecular flexibility index (Phi) is 10.3. The maximum atomic E-state index is 4.58. The van der Waals surface area contributed by atoms with Crippen LogP contribution in [-0.4, -0.2) is 12.4 Å². The first-order valence-electron chi connectivity index (χ1n) is 11.2. The van der Waals surface area contributed by atoms with E-state index < -0.39 is 0 Å². The lowest BCUT2D eigenvalue weighted by Crippen LogP contribution is -2.26. The summed E-state index contributed by atoms with van der Waals surface area (Å²) in [6, 6.07) is 11.0. The number of nitrogens with zero attached hydrogens (tertiary/aromatic N) is 2. The molecule has 0 saturated heterocycles. The van der Waals surface area contributed by atoms with Crippen LogP contribution >= 0.6 is 0 Å². The Morgan fingerprint density at radius 3 is 2.00 bits per heavy atom. The minimum absolute atomic E-state index is 0.449. The molecule has 1 aromatic rings. The molecular weight excluding hydrogens is 328 g/mol. The molecule has 148 valence electrons. The normalized spacial score (nSPS) is 15.6. The highest BCUT2D eigenvalue weighted by molar-refractivity contribution is 6.18. The van der Waals surface area contributed by atoms with E-state index in [0.717, 1.165) is 12.6 Å². The van der Waals surface area contributed by atoms with E-state index in [1.165, 1.54) is 63.4 Å². The summed E-state index contributed by atoms with van der Waals surface area (Å²) in [7, 11) is 0. The smallest absolute Gasteiger partial charge is 0.0965 e. The summed E-state index contributed by atoms with van der Waals surface area (Å²) in [5.74, 6) is 1.63. The Balaban J connectivity index is 1.89. The van der Waals surface area contributed by atoms with Gasteiger partial charge in [0.15, 0.2) is 12.4 Å². The van der Waals surface area contributed by atoms with Crippen LogP contribution < -0.4 is 0 Å². The van der Waals surface area contributed by atoms with Crippen molar-refractivity contribution in [3.05, 3.63) is 42.1 Å². The maximum Gasteiger partial charge on any atom is 0.244 e. The second kappa shape index (κ2) is 12.8. The number of unbranched alkanes of at least 4 members (excludes halogenated alkanes) is 7. The fraction of sp³-hybridized carbons (Fsp3) is 0.640. The van der Waals surface area contributed by atoms with Gasteiger partial charge in [0, 0.05) is 0 Å². The van der Waals surface area contributed by atoms with Crippen LogP contribution in [-0.2, 0) is 6.42 Å². The van der Waals surface area contributed by atoms with Crippen molar-refractivity contribution in [3.63, 3.8) is 0 Å². The SMILES string of the molecule is CCCCCCCCCCC(Cc1ccccc1)C([C+]1N=CC=N1)C(C)C. The van der Waals surface area contributed by atoms with E-state index in [9.17, 15) is 0 Å². The van der Waals surface area contributed by atoms with E-state index in [2.05, 4.69) is 61.1 Å². The molecular formula is C25H39N2+. The molecule has 2 rings (SSSR count). The average molecular weight is 368 g/mol. The van der Waals surface area contributed by atoms with Crippen molar-refractivity contribution in [3.8, 4) is 0 Å². The molecule has 0 amide bonds. The Labute approximate surface area is 167 Å². The van der Waals surface area contributed by atoms with Crippen molar-refractivity contribution < 1.29 is 0 Å². The second-order valence-electron chi connectivity index (χ2n) is 8.40. The topological polar surface area (TPSA) is 24.7 Å². The monoisotopic (exact) mass is 367 g/mol. The Bertz CT molecular complexity index is 535. The molecule has 0 spiro atoms. The molecule has 0 bridgehead atoms. The van der Waals surface area contributed by atoms with Gasteiger partial charge in [0.1, 0.15) is 0 Å². The van der Waals surface area contributed by atoms with E-state index in [1.54, 1.807) is 0 Å². The highest BCUT2D eigenvalue weighted by Crippen LogP contribution is 2.38. The molecule has 0 aromatic heterocycles. The van der Waals surface area contributed by atoms with E-state index in [-0.39, 0.29) is 0 Å². The number of hydrogen-bond donors (Lipinski definition) is 0. The fourth-order valence-electron chi connectivity index (χ4n) is 4.34. The summed E-state index contributed by atoms with van der Waals surface area (Å²) in [4.78, 5) is 9.15. The van der Waals surface area contributed by atoms with Gasteiger partial charge in [-0.3, -0.25) is 0 Å². The third-order valence-electron chi connectivity index (χ3n) is 5.77. The van der Waals surface area contributed by atoms with Crippen LogP contribution in [0.2, 0.25) is 0 Å². The van der Waals surface area contributed by atoms with Gasteiger partial charge in [0.2, 0.25) is 6.17 Å². The molecule has 0 N–H and O–H groups in total. The first kappa shape index (κ1) is 21.7. The zero-order valence-corrected chi connectivity index (χ0v) is 17.7. The zero-order valence-electron chi connectivity index (χ0n) is 17.7. The van der Waals surface area contributed by atoms with Crippen LogP contribution in [0.15, 0.2) is 40.3 Å². The first-order chi connectivity index (χ1) is 13.2. The van der Waals surface area contributed by atoms with Gasteiger partial charge in [-0.1, -0.05) is 112 Å². The van der Waals surface area contributed by atoms with Crippen LogP contribution in [0, 0.1) is 23.9 Å². The van der Waals surface area contributed by atoms with Crippen molar-refractivity contribution in [2.45, 2.75) is 85.0 Å². The van der Waals surface area contributed by atoms with Crippen LogP contribution in [0.5, 0.6) is 0 Å². The molecule has 2 atom stereocenters. The molecule has 27 heavy (non-hydrogen) atoms. The lowest BCUT2D eigenvalue weighted by Gasteiger charge is -2.28. The van der Waals surface area contributed by atoms with Gasteiger partial charge in [-0.15, -0.1) is 0 Å². The van der Waals surface area contributed by atoms with Gasteiger partial charge >= 0.3 is 0 Å². The lowest BCUT2D eigenvalue weighted by molar-refractivity contribution is 0.241. The average Bonchev–Trinajstić information content (AvgIpc) is 3.18. The Morgan fingerprint density at radius 2 is 1.41 bits per heavy atom. The molecule has 0 aliphatic carbocycles. The predicted molar refractivity (Wildman–Crippen MR) is 119 cm³/mol. The summed E-state index contributed by atoms with van der Waals surface area (Å²) < 4.78 is 0. The van der Waals surface area contributed by atoms with E-state index >= 15 is 0 Å². The van der Waals surface area contributed by atoms with E-state index in [1.807, 2.05) is 12.4 Å². The number of benzene rings is 1. The van der Waals surface area contributed by atoms with Crippen LogP contribution in [0.3, 0.4) is 0 Å². The number of rotatable bonds is 14. The van der Waals surface area contributed by atoms with Gasteiger partial charge in [0.25, 0.3) is 0 Å². The van der Waals surface area contributed by atoms with Gasteiger partial charge in [0.05, 0.1) is 5.92 Å². The fourth-order valence-corrected chi connectivity index (χ4v) is 4.34. The van der Waals surface area contributed by atoms with Gasteiger partial charge in [-0.2, -0.15) is 0 Å². The minimum atomic E-state index is 0.449. The summed E-state index contributed by atoms with van der Waals surface area (Å²) in [5.41, 5.74) is 1.44. The Morgan fingerprint density at radius 1 is 0.815 bits per heavy atom. The van der Waals surface area contributed by atoms with Crippen molar-refractivity contribution in [1.29, 1.82) is 0 Å². The summed E-state index contributed by atoms with van der Waals surface area (Å²) in [6.45, 7) is 6.94. The largest absolute Gasteiger partial charge is 0.244 e. The minimum Gasteiger partial charge on any atom is -0.0965 e. The molecule has 1 aliphatic heterocycles. The van der Waals surface area contributed by atoms with Crippen molar-refractivity contribution >= 4 is 12.4 Å². The third kappa shape index (κ3) is 7.91. The molecule has 0 radical (unpaired) electrons. The van der Waals surface area contributed by atoms with E-state index in [4.69, 9.17) is 0 Å². The number of aliphatic imine (C=N–C) groups is 2. The molecule has 2 unspecified atom stereocenters. The first-order valence-corrected chi connectivity index (χ1v) is 11.2. The highest BCUT2D eigenvalue weighted by atomic mass is 15.0. The maximum absolute atomic E-state index is 4.58. The quantitative estimate of drug-likeness (QED) is 0.243. The highest BCUT2D eigenvalue weighted by Gasteiger charge is 2.37. The second-order valence-corrected chi connectivity index (χ2v) is 8.40. The molecule has 0 saturated carbocycles. The molecule has 1 heterocycles. The molecule has 2 heteroatoms. The van der Waals surface area contributed by atoms with Crippen LogP contribution in [0.1, 0.15) is 84.1 Å². The Hall–Kier alpha value is -1.57. The summed E-state index contributed by atoms with van der Waals surface area (Å²) >= 11 is 0. The lowest BCUT2D eigenvalue weighted by atomic mass is 9.75. The van der Waals surface area contributed by atoms with E-state index in [0.29, 0.717) is 17.8 Å². The summed E-state index contributed by atoms with van der Waals surface area (Å²) in [6.07, 6.45) is 18.2. The molecule has 1 aliphatic rings. The molecule has 2 nitrogen and oxygen atoms in total. The van der Waals surface area contributed by atoms with Gasteiger partial charge < -0.3 is 0 Å². The predicted octanol–water partition coefficient (Wildman–Crippen LogP) is 7.29. The van der Waals surface area contributed by atoms with Crippen molar-refractivity contribution in [2.75, 3.05) is 0 Å². The number of hydrogen-bond acceptors (Lipinski definition) is 2. The van der Waals surface area contributed by atoms with Crippen LogP contribution in [0.4, 0.5) is 0 Å². The van der Waals surface area contributed by atoms with Gasteiger partial charge in [-0.05, 0) is 30.2 Å². The third-order valence-corrected chi connectivity index (χ3v) is 5.77. The molecule has 1 aromatic carbocycles. The molecule has 0 fully saturated rings. The van der Waals surface area contributed by atoms with Gasteiger partial charge in [-0.25, -0.2) is 0 Å². The van der Waals surface area contributed by atoms with Crippen LogP contribution in [0.25, 0.3) is 0 Å². The van der Waals surface area contributed by atoms with Crippen molar-refractivity contribution in [1.82, 2.24) is 0 Å². The van der Waals surface area contributed by atoms with Crippen molar-refractivity contribution in [2.24, 2.45) is 27.7 Å². The summed E-state index contributed by atoms with van der Waals surface area (Å²) in [5, 5.41) is 0.